The summed E-state index contributed by atoms with van der Waals surface area (Å²) in [5, 5.41) is 8.72. The largest absolute Gasteiger partial charge is 0.317 e. The summed E-state index contributed by atoms with van der Waals surface area (Å²) in [5.41, 5.74) is 1.60. The van der Waals surface area contributed by atoms with Gasteiger partial charge in [0.1, 0.15) is 0 Å². The molecule has 0 aliphatic heterocycles. The van der Waals surface area contributed by atoms with Crippen molar-refractivity contribution in [2.24, 2.45) is 24.3 Å². The third-order valence-electron chi connectivity index (χ3n) is 5.16. The summed E-state index contributed by atoms with van der Waals surface area (Å²) in [7, 11) is 2.02. The van der Waals surface area contributed by atoms with E-state index < -0.39 is 0 Å². The standard InChI is InChI=1S/C17H30ClN3/c1-6-19-10-12-7-8-13(17(2,3)4)9-14(12)16-15(18)11-20-21(16)5/h11-14,19H,6-10H2,1-5H3. The van der Waals surface area contributed by atoms with E-state index in [1.807, 2.05) is 11.7 Å². The van der Waals surface area contributed by atoms with Crippen LogP contribution in [0.1, 0.15) is 58.6 Å². The molecule has 1 N–H and O–H groups in total. The molecule has 1 saturated carbocycles. The van der Waals surface area contributed by atoms with Crippen molar-refractivity contribution in [1.29, 1.82) is 0 Å². The summed E-state index contributed by atoms with van der Waals surface area (Å²) in [6.45, 7) is 11.4. The van der Waals surface area contributed by atoms with E-state index >= 15 is 0 Å². The Hall–Kier alpha value is -0.540. The van der Waals surface area contributed by atoms with Gasteiger partial charge in [-0.15, -0.1) is 0 Å². The summed E-state index contributed by atoms with van der Waals surface area (Å²) in [6, 6.07) is 0. The van der Waals surface area contributed by atoms with E-state index in [9.17, 15) is 0 Å². The van der Waals surface area contributed by atoms with E-state index in [2.05, 4.69) is 38.1 Å². The second-order valence-corrected chi connectivity index (χ2v) is 7.96. The predicted octanol–water partition coefficient (Wildman–Crippen LogP) is 4.23. The van der Waals surface area contributed by atoms with Gasteiger partial charge >= 0.3 is 0 Å². The molecule has 1 aromatic heterocycles. The number of aryl methyl sites for hydroxylation is 1. The molecular weight excluding hydrogens is 282 g/mol. The van der Waals surface area contributed by atoms with Crippen molar-refractivity contribution < 1.29 is 0 Å². The number of nitrogens with one attached hydrogen (secondary N) is 1. The molecule has 4 heteroatoms. The lowest BCUT2D eigenvalue weighted by Gasteiger charge is -2.42. The lowest BCUT2D eigenvalue weighted by atomic mass is 9.64. The first-order chi connectivity index (χ1) is 9.84. The van der Waals surface area contributed by atoms with E-state index in [-0.39, 0.29) is 0 Å². The summed E-state index contributed by atoms with van der Waals surface area (Å²) >= 11 is 6.44. The van der Waals surface area contributed by atoms with Crippen LogP contribution in [0.4, 0.5) is 0 Å². The summed E-state index contributed by atoms with van der Waals surface area (Å²) in [4.78, 5) is 0. The Morgan fingerprint density at radius 2 is 2.10 bits per heavy atom. The molecule has 0 aromatic carbocycles. The van der Waals surface area contributed by atoms with Crippen molar-refractivity contribution >= 4 is 11.6 Å². The van der Waals surface area contributed by atoms with Crippen molar-refractivity contribution in [1.82, 2.24) is 15.1 Å². The van der Waals surface area contributed by atoms with Gasteiger partial charge in [0.05, 0.1) is 16.9 Å². The average Bonchev–Trinajstić information content (AvgIpc) is 2.74. The number of nitrogens with zero attached hydrogens (tertiary/aromatic N) is 2. The first kappa shape index (κ1) is 16.8. The van der Waals surface area contributed by atoms with E-state index in [1.165, 1.54) is 25.0 Å². The van der Waals surface area contributed by atoms with Gasteiger partial charge in [-0.1, -0.05) is 39.3 Å². The Kier molecular flexibility index (Phi) is 5.37. The second-order valence-electron chi connectivity index (χ2n) is 7.55. The molecule has 3 unspecified atom stereocenters. The highest BCUT2D eigenvalue weighted by molar-refractivity contribution is 6.31. The van der Waals surface area contributed by atoms with Crippen LogP contribution in [0.5, 0.6) is 0 Å². The molecule has 0 radical (unpaired) electrons. The Labute approximate surface area is 134 Å². The van der Waals surface area contributed by atoms with Gasteiger partial charge in [0.2, 0.25) is 0 Å². The minimum Gasteiger partial charge on any atom is -0.317 e. The number of aromatic nitrogens is 2. The van der Waals surface area contributed by atoms with Crippen molar-refractivity contribution in [2.75, 3.05) is 13.1 Å². The normalized spacial score (nSPS) is 27.0. The zero-order chi connectivity index (χ0) is 15.6. The fraction of sp³-hybridized carbons (Fsp3) is 0.824. The Morgan fingerprint density at radius 1 is 1.38 bits per heavy atom. The summed E-state index contributed by atoms with van der Waals surface area (Å²) in [6.07, 6.45) is 5.62. The van der Waals surface area contributed by atoms with Gasteiger partial charge in [0.25, 0.3) is 0 Å². The fourth-order valence-electron chi connectivity index (χ4n) is 3.77. The maximum absolute atomic E-state index is 6.44. The Bertz CT molecular complexity index is 442. The molecule has 21 heavy (non-hydrogen) atoms. The van der Waals surface area contributed by atoms with Crippen LogP contribution < -0.4 is 5.32 Å². The third-order valence-corrected chi connectivity index (χ3v) is 5.45. The van der Waals surface area contributed by atoms with Crippen LogP contribution in [0.15, 0.2) is 6.20 Å². The molecule has 0 spiro atoms. The minimum absolute atomic E-state index is 0.368. The molecule has 1 aromatic rings. The summed E-state index contributed by atoms with van der Waals surface area (Å²) in [5.74, 6) is 1.94. The van der Waals surface area contributed by atoms with Crippen LogP contribution >= 0.6 is 11.6 Å². The summed E-state index contributed by atoms with van der Waals surface area (Å²) < 4.78 is 1.98. The topological polar surface area (TPSA) is 29.9 Å². The molecule has 1 aliphatic carbocycles. The Morgan fingerprint density at radius 3 is 2.62 bits per heavy atom. The van der Waals surface area contributed by atoms with Crippen molar-refractivity contribution in [2.45, 2.75) is 52.9 Å². The molecule has 1 aliphatic rings. The van der Waals surface area contributed by atoms with Crippen LogP contribution in [-0.4, -0.2) is 22.9 Å². The van der Waals surface area contributed by atoms with Crippen LogP contribution in [0, 0.1) is 17.3 Å². The lowest BCUT2D eigenvalue weighted by molar-refractivity contribution is 0.126. The van der Waals surface area contributed by atoms with Gasteiger partial charge in [0, 0.05) is 13.0 Å². The molecule has 0 amide bonds. The number of rotatable bonds is 4. The molecular formula is C17H30ClN3. The molecule has 1 heterocycles. The van der Waals surface area contributed by atoms with Crippen LogP contribution in [0.2, 0.25) is 5.02 Å². The van der Waals surface area contributed by atoms with Gasteiger partial charge in [-0.2, -0.15) is 5.10 Å². The van der Waals surface area contributed by atoms with Gasteiger partial charge in [0.15, 0.2) is 0 Å². The highest BCUT2D eigenvalue weighted by Crippen LogP contribution is 2.47. The number of halogens is 1. The van der Waals surface area contributed by atoms with E-state index in [0.29, 0.717) is 17.3 Å². The van der Waals surface area contributed by atoms with E-state index in [4.69, 9.17) is 11.6 Å². The highest BCUT2D eigenvalue weighted by Gasteiger charge is 2.38. The second kappa shape index (κ2) is 6.70. The zero-order valence-electron chi connectivity index (χ0n) is 14.1. The first-order valence-electron chi connectivity index (χ1n) is 8.22. The van der Waals surface area contributed by atoms with Crippen molar-refractivity contribution in [3.63, 3.8) is 0 Å². The first-order valence-corrected chi connectivity index (χ1v) is 8.60. The average molecular weight is 312 g/mol. The predicted molar refractivity (Wildman–Crippen MR) is 89.8 cm³/mol. The molecule has 3 nitrogen and oxygen atoms in total. The molecule has 0 saturated heterocycles. The van der Waals surface area contributed by atoms with E-state index in [1.54, 1.807) is 6.20 Å². The molecule has 3 atom stereocenters. The van der Waals surface area contributed by atoms with Gasteiger partial charge in [-0.05, 0) is 49.6 Å². The molecule has 1 fully saturated rings. The molecule has 120 valence electrons. The fourth-order valence-corrected chi connectivity index (χ4v) is 4.07. The van der Waals surface area contributed by atoms with Crippen LogP contribution in [0.3, 0.4) is 0 Å². The number of hydrogen-bond acceptors (Lipinski definition) is 2. The highest BCUT2D eigenvalue weighted by atomic mass is 35.5. The monoisotopic (exact) mass is 311 g/mol. The Balaban J connectivity index is 2.25. The molecule has 2 rings (SSSR count). The smallest absolute Gasteiger partial charge is 0.0820 e. The maximum atomic E-state index is 6.44. The maximum Gasteiger partial charge on any atom is 0.0820 e. The van der Waals surface area contributed by atoms with Gasteiger partial charge in [-0.3, -0.25) is 4.68 Å². The third kappa shape index (κ3) is 3.81. The lowest BCUT2D eigenvalue weighted by Crippen LogP contribution is -2.36. The zero-order valence-corrected chi connectivity index (χ0v) is 14.9. The van der Waals surface area contributed by atoms with Crippen molar-refractivity contribution in [3.8, 4) is 0 Å². The van der Waals surface area contributed by atoms with E-state index in [0.717, 1.165) is 24.0 Å². The van der Waals surface area contributed by atoms with Crippen LogP contribution in [-0.2, 0) is 7.05 Å². The van der Waals surface area contributed by atoms with Gasteiger partial charge < -0.3 is 5.32 Å². The number of hydrogen-bond donors (Lipinski definition) is 1. The van der Waals surface area contributed by atoms with Crippen molar-refractivity contribution in [3.05, 3.63) is 16.9 Å². The van der Waals surface area contributed by atoms with Gasteiger partial charge in [-0.25, -0.2) is 0 Å². The molecule has 0 bridgehead atoms. The minimum atomic E-state index is 0.368. The quantitative estimate of drug-likeness (QED) is 0.902. The van der Waals surface area contributed by atoms with Crippen LogP contribution in [0.25, 0.3) is 0 Å². The SMILES string of the molecule is CCNCC1CCC(C(C)(C)C)CC1c1c(Cl)cnn1C.